The zero-order valence-electron chi connectivity index (χ0n) is 13.8. The summed E-state index contributed by atoms with van der Waals surface area (Å²) < 4.78 is 11.0. The molecule has 1 aliphatic heterocycles. The van der Waals surface area contributed by atoms with Crippen LogP contribution >= 0.6 is 11.6 Å². The summed E-state index contributed by atoms with van der Waals surface area (Å²) in [4.78, 5) is 22.4. The van der Waals surface area contributed by atoms with Crippen molar-refractivity contribution >= 4 is 23.3 Å². The number of halogens is 1. The van der Waals surface area contributed by atoms with Gasteiger partial charge in [0.05, 0.1) is 24.4 Å². The molecule has 1 unspecified atom stereocenters. The minimum absolute atomic E-state index is 0.170. The van der Waals surface area contributed by atoms with Crippen molar-refractivity contribution in [2.75, 3.05) is 25.5 Å². The minimum Gasteiger partial charge on any atom is -0.477 e. The summed E-state index contributed by atoms with van der Waals surface area (Å²) in [5.41, 5.74) is 0.591. The lowest BCUT2D eigenvalue weighted by atomic mass is 10.1. The predicted molar refractivity (Wildman–Crippen MR) is 94.3 cm³/mol. The fourth-order valence-corrected chi connectivity index (χ4v) is 2.85. The summed E-state index contributed by atoms with van der Waals surface area (Å²) in [7, 11) is 1.51. The van der Waals surface area contributed by atoms with Gasteiger partial charge in [-0.25, -0.2) is 14.8 Å². The van der Waals surface area contributed by atoms with Crippen LogP contribution < -0.4 is 14.8 Å². The van der Waals surface area contributed by atoms with Crippen LogP contribution in [0.15, 0.2) is 36.7 Å². The zero-order valence-corrected chi connectivity index (χ0v) is 14.6. The molecule has 0 bridgehead atoms. The van der Waals surface area contributed by atoms with Crippen LogP contribution in [-0.4, -0.2) is 47.2 Å². The van der Waals surface area contributed by atoms with E-state index in [-0.39, 0.29) is 12.1 Å². The fourth-order valence-electron chi connectivity index (χ4n) is 2.67. The Hall–Kier alpha value is -2.54. The Morgan fingerprint density at radius 3 is 2.80 bits per heavy atom. The molecule has 1 aromatic carbocycles. The van der Waals surface area contributed by atoms with Gasteiger partial charge in [0.15, 0.2) is 0 Å². The van der Waals surface area contributed by atoms with Crippen LogP contribution in [0.2, 0.25) is 5.02 Å². The van der Waals surface area contributed by atoms with Gasteiger partial charge in [-0.3, -0.25) is 0 Å². The monoisotopic (exact) mass is 362 g/mol. The third-order valence-corrected chi connectivity index (χ3v) is 4.22. The highest BCUT2D eigenvalue weighted by molar-refractivity contribution is 6.33. The quantitative estimate of drug-likeness (QED) is 0.903. The first kappa shape index (κ1) is 17.3. The normalized spacial score (nSPS) is 17.0. The number of aromatic nitrogens is 2. The highest BCUT2D eigenvalue weighted by atomic mass is 35.5. The van der Waals surface area contributed by atoms with Gasteiger partial charge in [0.1, 0.15) is 6.10 Å². The summed E-state index contributed by atoms with van der Waals surface area (Å²) in [5, 5.41) is 3.34. The maximum atomic E-state index is 12.5. The first-order chi connectivity index (χ1) is 12.2. The highest BCUT2D eigenvalue weighted by Crippen LogP contribution is 2.25. The number of methoxy groups -OCH3 is 1. The molecule has 8 heteroatoms. The third kappa shape index (κ3) is 4.30. The summed E-state index contributed by atoms with van der Waals surface area (Å²) in [6, 6.07) is 6.94. The van der Waals surface area contributed by atoms with E-state index >= 15 is 0 Å². The molecule has 1 aromatic heterocycles. The topological polar surface area (TPSA) is 76.6 Å². The molecule has 0 radical (unpaired) electrons. The van der Waals surface area contributed by atoms with Gasteiger partial charge >= 0.3 is 6.03 Å². The van der Waals surface area contributed by atoms with Gasteiger partial charge in [0.25, 0.3) is 11.8 Å². The number of ether oxygens (including phenoxy) is 2. The van der Waals surface area contributed by atoms with Crippen molar-refractivity contribution in [3.63, 3.8) is 0 Å². The summed E-state index contributed by atoms with van der Waals surface area (Å²) in [5.74, 6) is 0.670. The van der Waals surface area contributed by atoms with E-state index in [0.29, 0.717) is 35.6 Å². The second-order valence-corrected chi connectivity index (χ2v) is 6.02. The minimum atomic E-state index is -0.201. The number of benzene rings is 1. The molecule has 0 spiro atoms. The van der Waals surface area contributed by atoms with Crippen molar-refractivity contribution in [2.45, 2.75) is 18.9 Å². The number of hydrogen-bond acceptors (Lipinski definition) is 5. The molecule has 3 rings (SSSR count). The number of urea groups is 1. The van der Waals surface area contributed by atoms with Crippen LogP contribution in [0.1, 0.15) is 12.8 Å². The lowest BCUT2D eigenvalue weighted by Gasteiger charge is -2.32. The average Bonchev–Trinajstić information content (AvgIpc) is 2.64. The van der Waals surface area contributed by atoms with E-state index in [4.69, 9.17) is 21.1 Å². The molecule has 1 N–H and O–H groups in total. The smallest absolute Gasteiger partial charge is 0.322 e. The van der Waals surface area contributed by atoms with Gasteiger partial charge in [-0.1, -0.05) is 23.7 Å². The van der Waals surface area contributed by atoms with E-state index in [9.17, 15) is 4.79 Å². The second-order valence-electron chi connectivity index (χ2n) is 5.61. The number of likely N-dealkylation sites (tertiary alicyclic amines) is 1. The Balaban J connectivity index is 1.63. The van der Waals surface area contributed by atoms with Crippen LogP contribution in [0, 0.1) is 0 Å². The Bertz CT molecular complexity index is 743. The van der Waals surface area contributed by atoms with E-state index < -0.39 is 0 Å². The van der Waals surface area contributed by atoms with Gasteiger partial charge in [0.2, 0.25) is 0 Å². The van der Waals surface area contributed by atoms with Crippen molar-refractivity contribution in [2.24, 2.45) is 0 Å². The predicted octanol–water partition coefficient (Wildman–Crippen LogP) is 3.21. The Morgan fingerprint density at radius 1 is 1.28 bits per heavy atom. The number of rotatable bonds is 4. The second kappa shape index (κ2) is 8.02. The van der Waals surface area contributed by atoms with E-state index in [1.807, 2.05) is 12.1 Å². The van der Waals surface area contributed by atoms with Crippen molar-refractivity contribution in [3.8, 4) is 11.8 Å². The number of hydrogen-bond donors (Lipinski definition) is 1. The molecule has 132 valence electrons. The van der Waals surface area contributed by atoms with E-state index in [1.165, 1.54) is 13.3 Å². The molecule has 25 heavy (non-hydrogen) atoms. The molecule has 0 saturated carbocycles. The Labute approximate surface area is 150 Å². The Morgan fingerprint density at radius 2 is 2.04 bits per heavy atom. The molecular formula is C17H19ClN4O3. The zero-order chi connectivity index (χ0) is 17.6. The van der Waals surface area contributed by atoms with Gasteiger partial charge in [-0.2, -0.15) is 0 Å². The molecule has 2 heterocycles. The molecule has 0 aliphatic carbocycles. The molecule has 1 saturated heterocycles. The molecular weight excluding hydrogens is 344 g/mol. The maximum Gasteiger partial charge on any atom is 0.322 e. The molecule has 1 fully saturated rings. The van der Waals surface area contributed by atoms with Crippen molar-refractivity contribution in [1.29, 1.82) is 0 Å². The SMILES string of the molecule is COc1nccnc1OC1CCCN(C(=O)Nc2ccccc2Cl)C1. The maximum absolute atomic E-state index is 12.5. The van der Waals surface area contributed by atoms with Gasteiger partial charge in [-0.05, 0) is 25.0 Å². The number of amides is 2. The molecule has 7 nitrogen and oxygen atoms in total. The number of anilines is 1. The number of nitrogens with zero attached hydrogens (tertiary/aromatic N) is 3. The van der Waals surface area contributed by atoms with Crippen LogP contribution in [-0.2, 0) is 0 Å². The number of carbonyl (C=O) groups is 1. The first-order valence-corrected chi connectivity index (χ1v) is 8.37. The standard InChI is InChI=1S/C17H19ClN4O3/c1-24-15-16(20-9-8-19-15)25-12-5-4-10-22(11-12)17(23)21-14-7-3-2-6-13(14)18/h2-3,6-9,12H,4-5,10-11H2,1H3,(H,21,23). The van der Waals surface area contributed by atoms with Crippen molar-refractivity contribution in [3.05, 3.63) is 41.7 Å². The molecule has 1 atom stereocenters. The largest absolute Gasteiger partial charge is 0.477 e. The number of nitrogens with one attached hydrogen (secondary N) is 1. The van der Waals surface area contributed by atoms with Crippen LogP contribution in [0.3, 0.4) is 0 Å². The van der Waals surface area contributed by atoms with E-state index in [2.05, 4.69) is 15.3 Å². The average molecular weight is 363 g/mol. The van der Waals surface area contributed by atoms with Crippen LogP contribution in [0.4, 0.5) is 10.5 Å². The van der Waals surface area contributed by atoms with Gasteiger partial charge in [0, 0.05) is 18.9 Å². The van der Waals surface area contributed by atoms with Crippen molar-refractivity contribution in [1.82, 2.24) is 14.9 Å². The molecule has 2 aromatic rings. The summed E-state index contributed by atoms with van der Waals surface area (Å²) in [6.45, 7) is 1.11. The summed E-state index contributed by atoms with van der Waals surface area (Å²) in [6.07, 6.45) is 4.58. The lowest BCUT2D eigenvalue weighted by Crippen LogP contribution is -2.46. The summed E-state index contributed by atoms with van der Waals surface area (Å²) >= 11 is 6.09. The van der Waals surface area contributed by atoms with Crippen molar-refractivity contribution < 1.29 is 14.3 Å². The molecule has 1 aliphatic rings. The highest BCUT2D eigenvalue weighted by Gasteiger charge is 2.26. The van der Waals surface area contributed by atoms with E-state index in [1.54, 1.807) is 23.2 Å². The first-order valence-electron chi connectivity index (χ1n) is 7.99. The Kier molecular flexibility index (Phi) is 5.55. The van der Waals surface area contributed by atoms with Gasteiger partial charge < -0.3 is 19.7 Å². The lowest BCUT2D eigenvalue weighted by molar-refractivity contribution is 0.0988. The van der Waals surface area contributed by atoms with E-state index in [0.717, 1.165) is 12.8 Å². The van der Waals surface area contributed by atoms with Crippen LogP contribution in [0.5, 0.6) is 11.8 Å². The van der Waals surface area contributed by atoms with Crippen LogP contribution in [0.25, 0.3) is 0 Å². The van der Waals surface area contributed by atoms with Gasteiger partial charge in [-0.15, -0.1) is 0 Å². The fraction of sp³-hybridized carbons (Fsp3) is 0.353. The number of para-hydroxylation sites is 1. The number of carbonyl (C=O) groups excluding carboxylic acids is 1. The molecule has 2 amide bonds. The third-order valence-electron chi connectivity index (χ3n) is 3.89. The number of piperidine rings is 1.